The Morgan fingerprint density at radius 3 is 2.71 bits per heavy atom. The zero-order chi connectivity index (χ0) is 15.5. The fourth-order valence-electron chi connectivity index (χ4n) is 2.48. The summed E-state index contributed by atoms with van der Waals surface area (Å²) in [5, 5.41) is 3.55. The van der Waals surface area contributed by atoms with E-state index in [1.165, 1.54) is 5.56 Å². The molecule has 0 amide bonds. The van der Waals surface area contributed by atoms with Gasteiger partial charge in [-0.1, -0.05) is 6.92 Å². The molecule has 1 atom stereocenters. The second-order valence-electron chi connectivity index (χ2n) is 6.91. The first-order valence-electron chi connectivity index (χ1n) is 7.94. The molecule has 118 valence electrons. The zero-order valence-corrected chi connectivity index (χ0v) is 14.1. The van der Waals surface area contributed by atoms with E-state index in [1.807, 2.05) is 0 Å². The highest BCUT2D eigenvalue weighted by atomic mass is 16.5. The lowest BCUT2D eigenvalue weighted by molar-refractivity contribution is 0.193. The molecule has 1 unspecified atom stereocenters. The SMILES string of the molecule is CCc1cc(CNC(C)(C)C)cc(N(C)C2CCOC2)n1. The number of likely N-dealkylation sites (N-methyl/N-ethyl adjacent to an activating group) is 1. The number of pyridine rings is 1. The van der Waals surface area contributed by atoms with Crippen molar-refractivity contribution in [1.29, 1.82) is 0 Å². The standard InChI is InChI=1S/C17H29N3O/c1-6-14-9-13(11-18-17(2,3)4)10-16(19-14)20(5)15-7-8-21-12-15/h9-10,15,18H,6-8,11-12H2,1-5H3. The van der Waals surface area contributed by atoms with Crippen molar-refractivity contribution >= 4 is 5.82 Å². The number of aromatic nitrogens is 1. The van der Waals surface area contributed by atoms with E-state index in [4.69, 9.17) is 9.72 Å². The van der Waals surface area contributed by atoms with E-state index in [9.17, 15) is 0 Å². The van der Waals surface area contributed by atoms with Crippen LogP contribution in [0.3, 0.4) is 0 Å². The van der Waals surface area contributed by atoms with E-state index >= 15 is 0 Å². The molecule has 21 heavy (non-hydrogen) atoms. The van der Waals surface area contributed by atoms with Gasteiger partial charge < -0.3 is 15.0 Å². The first kappa shape index (κ1) is 16.2. The number of rotatable bonds is 5. The number of hydrogen-bond acceptors (Lipinski definition) is 4. The Morgan fingerprint density at radius 2 is 2.14 bits per heavy atom. The molecule has 4 nitrogen and oxygen atoms in total. The Hall–Kier alpha value is -1.13. The molecule has 1 aliphatic heterocycles. The second-order valence-corrected chi connectivity index (χ2v) is 6.91. The molecular formula is C17H29N3O. The first-order chi connectivity index (χ1) is 9.89. The van der Waals surface area contributed by atoms with E-state index in [1.54, 1.807) is 0 Å². The van der Waals surface area contributed by atoms with E-state index in [-0.39, 0.29) is 5.54 Å². The molecule has 0 aliphatic carbocycles. The van der Waals surface area contributed by atoms with Crippen molar-refractivity contribution in [1.82, 2.24) is 10.3 Å². The maximum absolute atomic E-state index is 5.50. The van der Waals surface area contributed by atoms with Crippen LogP contribution in [0.2, 0.25) is 0 Å². The molecule has 2 heterocycles. The lowest BCUT2D eigenvalue weighted by Crippen LogP contribution is -2.35. The third kappa shape index (κ3) is 4.68. The second kappa shape index (κ2) is 6.75. The maximum atomic E-state index is 5.50. The number of nitrogens with zero attached hydrogens (tertiary/aromatic N) is 2. The molecular weight excluding hydrogens is 262 g/mol. The summed E-state index contributed by atoms with van der Waals surface area (Å²) < 4.78 is 5.50. The monoisotopic (exact) mass is 291 g/mol. The van der Waals surface area contributed by atoms with Crippen LogP contribution in [0, 0.1) is 0 Å². The van der Waals surface area contributed by atoms with Gasteiger partial charge in [0.1, 0.15) is 5.82 Å². The molecule has 1 aromatic heterocycles. The van der Waals surface area contributed by atoms with Gasteiger partial charge in [-0.05, 0) is 51.3 Å². The Balaban J connectivity index is 2.16. The van der Waals surface area contributed by atoms with Gasteiger partial charge in [0.15, 0.2) is 0 Å². The summed E-state index contributed by atoms with van der Waals surface area (Å²) in [6.07, 6.45) is 2.05. The fourth-order valence-corrected chi connectivity index (χ4v) is 2.48. The van der Waals surface area contributed by atoms with Gasteiger partial charge >= 0.3 is 0 Å². The predicted molar refractivity (Wildman–Crippen MR) is 87.8 cm³/mol. The van der Waals surface area contributed by atoms with Crippen LogP contribution in [0.15, 0.2) is 12.1 Å². The lowest BCUT2D eigenvalue weighted by Gasteiger charge is -2.26. The lowest BCUT2D eigenvalue weighted by atomic mass is 10.1. The summed E-state index contributed by atoms with van der Waals surface area (Å²) in [5.74, 6) is 1.07. The van der Waals surface area contributed by atoms with Crippen LogP contribution in [0.1, 0.15) is 45.4 Å². The van der Waals surface area contributed by atoms with E-state index < -0.39 is 0 Å². The van der Waals surface area contributed by atoms with Crippen molar-refractivity contribution in [3.8, 4) is 0 Å². The van der Waals surface area contributed by atoms with Crippen LogP contribution in [0.25, 0.3) is 0 Å². The summed E-state index contributed by atoms with van der Waals surface area (Å²) in [7, 11) is 2.13. The molecule has 0 radical (unpaired) electrons. The maximum Gasteiger partial charge on any atom is 0.129 e. The van der Waals surface area contributed by atoms with Crippen LogP contribution in [0.4, 0.5) is 5.82 Å². The fraction of sp³-hybridized carbons (Fsp3) is 0.706. The van der Waals surface area contributed by atoms with Crippen molar-refractivity contribution in [2.24, 2.45) is 0 Å². The molecule has 1 aliphatic rings. The van der Waals surface area contributed by atoms with Gasteiger partial charge in [-0.25, -0.2) is 4.98 Å². The average Bonchev–Trinajstić information content (AvgIpc) is 2.97. The van der Waals surface area contributed by atoms with Gasteiger partial charge in [0.25, 0.3) is 0 Å². The van der Waals surface area contributed by atoms with Crippen LogP contribution >= 0.6 is 0 Å². The number of nitrogens with one attached hydrogen (secondary N) is 1. The summed E-state index contributed by atoms with van der Waals surface area (Å²) >= 11 is 0. The van der Waals surface area contributed by atoms with Crippen LogP contribution in [-0.2, 0) is 17.7 Å². The topological polar surface area (TPSA) is 37.4 Å². The van der Waals surface area contributed by atoms with Crippen LogP contribution < -0.4 is 10.2 Å². The average molecular weight is 291 g/mol. The van der Waals surface area contributed by atoms with Gasteiger partial charge in [-0.15, -0.1) is 0 Å². The van der Waals surface area contributed by atoms with Gasteiger partial charge in [-0.2, -0.15) is 0 Å². The smallest absolute Gasteiger partial charge is 0.129 e. The van der Waals surface area contributed by atoms with Gasteiger partial charge in [0, 0.05) is 31.4 Å². The van der Waals surface area contributed by atoms with E-state index in [2.05, 4.69) is 57.1 Å². The van der Waals surface area contributed by atoms with Gasteiger partial charge in [0.05, 0.1) is 12.6 Å². The number of aryl methyl sites for hydroxylation is 1. The first-order valence-corrected chi connectivity index (χ1v) is 7.94. The van der Waals surface area contributed by atoms with Crippen molar-refractivity contribution in [3.05, 3.63) is 23.4 Å². The molecule has 1 N–H and O–H groups in total. The quantitative estimate of drug-likeness (QED) is 0.905. The molecule has 4 heteroatoms. The zero-order valence-electron chi connectivity index (χ0n) is 14.1. The van der Waals surface area contributed by atoms with Crippen molar-refractivity contribution in [2.45, 2.75) is 58.7 Å². The number of ether oxygens (including phenoxy) is 1. The molecule has 0 saturated carbocycles. The number of hydrogen-bond donors (Lipinski definition) is 1. The highest BCUT2D eigenvalue weighted by Crippen LogP contribution is 2.21. The molecule has 1 aromatic rings. The largest absolute Gasteiger partial charge is 0.379 e. The van der Waals surface area contributed by atoms with Crippen molar-refractivity contribution in [3.63, 3.8) is 0 Å². The minimum Gasteiger partial charge on any atom is -0.379 e. The summed E-state index contributed by atoms with van der Waals surface area (Å²) in [6, 6.07) is 4.87. The molecule has 0 spiro atoms. The summed E-state index contributed by atoms with van der Waals surface area (Å²) in [6.45, 7) is 11.3. The Bertz CT molecular complexity index is 462. The normalized spacial score (nSPS) is 19.0. The van der Waals surface area contributed by atoms with Crippen molar-refractivity contribution in [2.75, 3.05) is 25.2 Å². The highest BCUT2D eigenvalue weighted by Gasteiger charge is 2.22. The van der Waals surface area contributed by atoms with Crippen LogP contribution in [0.5, 0.6) is 0 Å². The van der Waals surface area contributed by atoms with Crippen LogP contribution in [-0.4, -0.2) is 36.8 Å². The molecule has 1 fully saturated rings. The molecule has 0 aromatic carbocycles. The van der Waals surface area contributed by atoms with Gasteiger partial charge in [-0.3, -0.25) is 0 Å². The van der Waals surface area contributed by atoms with E-state index in [0.29, 0.717) is 6.04 Å². The highest BCUT2D eigenvalue weighted by molar-refractivity contribution is 5.43. The minimum absolute atomic E-state index is 0.126. The van der Waals surface area contributed by atoms with Gasteiger partial charge in [0.2, 0.25) is 0 Å². The van der Waals surface area contributed by atoms with Crippen molar-refractivity contribution < 1.29 is 4.74 Å². The summed E-state index contributed by atoms with van der Waals surface area (Å²) in [4.78, 5) is 7.05. The Labute approximate surface area is 128 Å². The molecule has 2 rings (SSSR count). The minimum atomic E-state index is 0.126. The predicted octanol–water partition coefficient (Wildman–Crippen LogP) is 2.76. The van der Waals surface area contributed by atoms with E-state index in [0.717, 1.165) is 44.1 Å². The Morgan fingerprint density at radius 1 is 1.38 bits per heavy atom. The summed E-state index contributed by atoms with van der Waals surface area (Å²) in [5.41, 5.74) is 2.59. The number of anilines is 1. The third-order valence-corrected chi connectivity index (χ3v) is 3.92. The third-order valence-electron chi connectivity index (χ3n) is 3.92. The Kier molecular flexibility index (Phi) is 5.22. The molecule has 1 saturated heterocycles. The molecule has 0 bridgehead atoms.